The Labute approximate surface area is 131 Å². The van der Waals surface area contributed by atoms with Gasteiger partial charge < -0.3 is 15.7 Å². The molecule has 0 atom stereocenters. The molecule has 0 aliphatic rings. The second-order valence-corrected chi connectivity index (χ2v) is 5.61. The predicted octanol–water partition coefficient (Wildman–Crippen LogP) is 4.24. The van der Waals surface area contributed by atoms with Gasteiger partial charge in [0, 0.05) is 16.1 Å². The number of hydrogen-bond acceptors (Lipinski definition) is 3. The van der Waals surface area contributed by atoms with Crippen molar-refractivity contribution in [3.63, 3.8) is 0 Å². The molecule has 0 bridgehead atoms. The van der Waals surface area contributed by atoms with Crippen molar-refractivity contribution in [3.05, 3.63) is 56.7 Å². The lowest BCUT2D eigenvalue weighted by Gasteiger charge is -2.09. The zero-order valence-corrected chi connectivity index (χ0v) is 13.2. The topological polar surface area (TPSA) is 67.8 Å². The third-order valence-electron chi connectivity index (χ3n) is 2.40. The largest absolute Gasteiger partial charge is 0.456 e. The Morgan fingerprint density at radius 3 is 2.55 bits per heavy atom. The summed E-state index contributed by atoms with van der Waals surface area (Å²) in [7, 11) is 0. The summed E-state index contributed by atoms with van der Waals surface area (Å²) in [5.74, 6) is 0.427. The van der Waals surface area contributed by atoms with Gasteiger partial charge in [-0.25, -0.2) is 4.39 Å². The summed E-state index contributed by atoms with van der Waals surface area (Å²) in [6.45, 7) is 0. The van der Waals surface area contributed by atoms with E-state index in [2.05, 4.69) is 37.0 Å². The van der Waals surface area contributed by atoms with Crippen LogP contribution in [0, 0.1) is 5.82 Å². The minimum atomic E-state index is -0.404. The zero-order chi connectivity index (χ0) is 14.7. The van der Waals surface area contributed by atoms with Crippen LogP contribution < -0.4 is 10.5 Å². The van der Waals surface area contributed by atoms with E-state index in [9.17, 15) is 4.39 Å². The number of rotatable bonds is 3. The highest BCUT2D eigenvalue weighted by atomic mass is 79.9. The molecule has 0 saturated carbocycles. The summed E-state index contributed by atoms with van der Waals surface area (Å²) in [4.78, 5) is 0. The molecule has 0 aliphatic carbocycles. The van der Waals surface area contributed by atoms with Gasteiger partial charge in [-0.1, -0.05) is 21.1 Å². The van der Waals surface area contributed by atoms with Crippen LogP contribution in [0.2, 0.25) is 0 Å². The second kappa shape index (κ2) is 6.23. The molecule has 0 aromatic heterocycles. The highest BCUT2D eigenvalue weighted by Crippen LogP contribution is 2.32. The lowest BCUT2D eigenvalue weighted by molar-refractivity contribution is 0.318. The molecule has 0 spiro atoms. The molecular formula is C13H9Br2FN2O2. The summed E-state index contributed by atoms with van der Waals surface area (Å²) in [6.07, 6.45) is 0. The van der Waals surface area contributed by atoms with Crippen LogP contribution in [0.15, 0.2) is 50.5 Å². The normalized spacial score (nSPS) is 11.4. The van der Waals surface area contributed by atoms with Crippen molar-refractivity contribution in [2.75, 3.05) is 0 Å². The fourth-order valence-corrected chi connectivity index (χ4v) is 2.42. The Balaban J connectivity index is 2.30. The van der Waals surface area contributed by atoms with Crippen LogP contribution in [0.5, 0.6) is 11.5 Å². The van der Waals surface area contributed by atoms with E-state index in [1.165, 1.54) is 12.1 Å². The molecule has 2 rings (SSSR count). The lowest BCUT2D eigenvalue weighted by Crippen LogP contribution is -2.12. The Kier molecular flexibility index (Phi) is 4.61. The van der Waals surface area contributed by atoms with Crippen molar-refractivity contribution in [2.24, 2.45) is 10.9 Å². The van der Waals surface area contributed by atoms with E-state index in [0.29, 0.717) is 26.0 Å². The molecule has 20 heavy (non-hydrogen) atoms. The summed E-state index contributed by atoms with van der Waals surface area (Å²) in [5, 5.41) is 11.5. The lowest BCUT2D eigenvalue weighted by atomic mass is 10.2. The first-order valence-electron chi connectivity index (χ1n) is 5.41. The Bertz CT molecular complexity index is 657. The van der Waals surface area contributed by atoms with Crippen molar-refractivity contribution >= 4 is 37.7 Å². The maximum absolute atomic E-state index is 13.3. The SMILES string of the molecule is N/C(=N/O)c1ccc(Oc2cc(F)cc(Br)c2)c(Br)c1. The van der Waals surface area contributed by atoms with Crippen molar-refractivity contribution in [1.82, 2.24) is 0 Å². The van der Waals surface area contributed by atoms with Crippen LogP contribution in [0.3, 0.4) is 0 Å². The standard InChI is InChI=1S/C13H9Br2FN2O2/c14-8-4-9(16)6-10(5-8)20-12-2-1-7(3-11(12)15)13(17)18-19/h1-6,19H,(H2,17,18). The quantitative estimate of drug-likeness (QED) is 0.348. The minimum Gasteiger partial charge on any atom is -0.456 e. The summed E-state index contributed by atoms with van der Waals surface area (Å²) in [6, 6.07) is 9.16. The van der Waals surface area contributed by atoms with Crippen LogP contribution in [-0.2, 0) is 0 Å². The average Bonchev–Trinajstić information content (AvgIpc) is 2.39. The molecule has 0 heterocycles. The number of hydrogen-bond donors (Lipinski definition) is 2. The second-order valence-electron chi connectivity index (χ2n) is 3.84. The first-order chi connectivity index (χ1) is 9.49. The van der Waals surface area contributed by atoms with Crippen molar-refractivity contribution in [2.45, 2.75) is 0 Å². The molecule has 0 radical (unpaired) electrons. The minimum absolute atomic E-state index is 0.00856. The van der Waals surface area contributed by atoms with Gasteiger partial charge in [-0.15, -0.1) is 0 Å². The number of ether oxygens (including phenoxy) is 1. The maximum Gasteiger partial charge on any atom is 0.170 e. The van der Waals surface area contributed by atoms with Crippen LogP contribution in [0.4, 0.5) is 4.39 Å². The molecule has 3 N–H and O–H groups in total. The smallest absolute Gasteiger partial charge is 0.170 e. The number of amidine groups is 1. The third-order valence-corrected chi connectivity index (χ3v) is 3.48. The molecule has 0 unspecified atom stereocenters. The van der Waals surface area contributed by atoms with Gasteiger partial charge in [0.1, 0.15) is 17.3 Å². The van der Waals surface area contributed by atoms with Gasteiger partial charge in [-0.3, -0.25) is 0 Å². The van der Waals surface area contributed by atoms with E-state index in [1.54, 1.807) is 24.3 Å². The number of nitrogens with two attached hydrogens (primary N) is 1. The average molecular weight is 404 g/mol. The van der Waals surface area contributed by atoms with E-state index in [0.717, 1.165) is 0 Å². The van der Waals surface area contributed by atoms with E-state index >= 15 is 0 Å². The highest BCUT2D eigenvalue weighted by molar-refractivity contribution is 9.10. The summed E-state index contributed by atoms with van der Waals surface area (Å²) in [5.41, 5.74) is 6.02. The molecule has 7 heteroatoms. The van der Waals surface area contributed by atoms with Gasteiger partial charge in [-0.2, -0.15) is 0 Å². The summed E-state index contributed by atoms with van der Waals surface area (Å²) < 4.78 is 20.0. The molecule has 0 saturated heterocycles. The van der Waals surface area contributed by atoms with Gasteiger partial charge in [0.25, 0.3) is 0 Å². The fraction of sp³-hybridized carbons (Fsp3) is 0. The van der Waals surface area contributed by atoms with Crippen LogP contribution in [-0.4, -0.2) is 11.0 Å². The van der Waals surface area contributed by atoms with Crippen LogP contribution in [0.25, 0.3) is 0 Å². The molecule has 104 valence electrons. The Morgan fingerprint density at radius 1 is 1.20 bits per heavy atom. The van der Waals surface area contributed by atoms with Gasteiger partial charge >= 0.3 is 0 Å². The van der Waals surface area contributed by atoms with E-state index < -0.39 is 5.82 Å². The molecule has 2 aromatic carbocycles. The summed E-state index contributed by atoms with van der Waals surface area (Å²) >= 11 is 6.51. The predicted molar refractivity (Wildman–Crippen MR) is 80.8 cm³/mol. The van der Waals surface area contributed by atoms with Gasteiger partial charge in [-0.05, 0) is 46.3 Å². The maximum atomic E-state index is 13.3. The monoisotopic (exact) mass is 402 g/mol. The number of benzene rings is 2. The zero-order valence-electron chi connectivity index (χ0n) is 9.98. The molecular weight excluding hydrogens is 395 g/mol. The number of nitrogens with zero attached hydrogens (tertiary/aromatic N) is 1. The molecule has 0 aliphatic heterocycles. The first-order valence-corrected chi connectivity index (χ1v) is 6.99. The van der Waals surface area contributed by atoms with Gasteiger partial charge in [0.2, 0.25) is 0 Å². The van der Waals surface area contributed by atoms with Gasteiger partial charge in [0.05, 0.1) is 4.47 Å². The van der Waals surface area contributed by atoms with Crippen molar-refractivity contribution < 1.29 is 14.3 Å². The fourth-order valence-electron chi connectivity index (χ4n) is 1.52. The van der Waals surface area contributed by atoms with E-state index in [4.69, 9.17) is 15.7 Å². The van der Waals surface area contributed by atoms with Crippen molar-refractivity contribution in [1.29, 1.82) is 0 Å². The number of halogens is 3. The highest BCUT2D eigenvalue weighted by Gasteiger charge is 2.08. The third kappa shape index (κ3) is 3.49. The Morgan fingerprint density at radius 2 is 1.95 bits per heavy atom. The number of oxime groups is 1. The van der Waals surface area contributed by atoms with Crippen LogP contribution in [0.1, 0.15) is 5.56 Å². The molecule has 4 nitrogen and oxygen atoms in total. The first kappa shape index (κ1) is 14.8. The Hall–Kier alpha value is -1.60. The van der Waals surface area contributed by atoms with E-state index in [1.807, 2.05) is 0 Å². The van der Waals surface area contributed by atoms with Gasteiger partial charge in [0.15, 0.2) is 5.84 Å². The molecule has 2 aromatic rings. The molecule has 0 amide bonds. The molecule has 0 fully saturated rings. The van der Waals surface area contributed by atoms with E-state index in [-0.39, 0.29) is 5.84 Å². The van der Waals surface area contributed by atoms with Crippen molar-refractivity contribution in [3.8, 4) is 11.5 Å². The van der Waals surface area contributed by atoms with Crippen LogP contribution >= 0.6 is 31.9 Å².